The third kappa shape index (κ3) is 6.43. The van der Waals surface area contributed by atoms with Crippen LogP contribution in [-0.2, 0) is 6.61 Å². The van der Waals surface area contributed by atoms with E-state index in [-0.39, 0.29) is 0 Å². The van der Waals surface area contributed by atoms with Gasteiger partial charge < -0.3 is 10.1 Å². The molecule has 4 nitrogen and oxygen atoms in total. The maximum atomic E-state index is 8.79. The first-order valence-electron chi connectivity index (χ1n) is 10.8. The van der Waals surface area contributed by atoms with E-state index in [1.165, 1.54) is 0 Å². The molecule has 1 heterocycles. The van der Waals surface area contributed by atoms with Crippen molar-refractivity contribution in [2.45, 2.75) is 13.0 Å². The predicted octanol–water partition coefficient (Wildman–Crippen LogP) is 6.51. The van der Waals surface area contributed by atoms with E-state index in [0.29, 0.717) is 31.1 Å². The maximum absolute atomic E-state index is 8.79. The van der Waals surface area contributed by atoms with Gasteiger partial charge in [-0.15, -0.1) is 0 Å². The Morgan fingerprint density at radius 1 is 0.970 bits per heavy atom. The highest BCUT2D eigenvalue weighted by Crippen LogP contribution is 2.23. The summed E-state index contributed by atoms with van der Waals surface area (Å²) in [7, 11) is 0. The summed E-state index contributed by atoms with van der Waals surface area (Å²) in [6.45, 7) is 1.72. The molecule has 0 aliphatic heterocycles. The van der Waals surface area contributed by atoms with Crippen molar-refractivity contribution >= 4 is 34.2 Å². The molecule has 0 bridgehead atoms. The number of aromatic nitrogens is 1. The van der Waals surface area contributed by atoms with Crippen LogP contribution in [0.5, 0.6) is 5.75 Å². The van der Waals surface area contributed by atoms with Crippen LogP contribution in [0.3, 0.4) is 0 Å². The normalized spacial score (nSPS) is 11.3. The maximum Gasteiger partial charge on any atom is 0.130 e. The van der Waals surface area contributed by atoms with E-state index in [2.05, 4.69) is 46.7 Å². The highest BCUT2D eigenvalue weighted by atomic mass is 35.5. The van der Waals surface area contributed by atoms with Crippen molar-refractivity contribution in [3.63, 3.8) is 0 Å². The Balaban J connectivity index is 1.46. The quantitative estimate of drug-likeness (QED) is 0.232. The van der Waals surface area contributed by atoms with E-state index in [1.807, 2.05) is 60.7 Å². The van der Waals surface area contributed by atoms with Crippen LogP contribution in [0, 0.1) is 11.3 Å². The smallest absolute Gasteiger partial charge is 0.130 e. The minimum Gasteiger partial charge on any atom is -0.487 e. The van der Waals surface area contributed by atoms with E-state index in [0.717, 1.165) is 39.0 Å². The number of rotatable bonds is 9. The Morgan fingerprint density at radius 2 is 1.76 bits per heavy atom. The molecule has 33 heavy (non-hydrogen) atoms. The lowest BCUT2D eigenvalue weighted by Crippen LogP contribution is -2.17. The number of nitriles is 1. The van der Waals surface area contributed by atoms with Gasteiger partial charge in [-0.25, -0.2) is 4.98 Å². The Morgan fingerprint density at radius 3 is 2.55 bits per heavy atom. The Hall–Kier alpha value is -3.65. The van der Waals surface area contributed by atoms with Gasteiger partial charge in [-0.1, -0.05) is 60.1 Å². The lowest BCUT2D eigenvalue weighted by molar-refractivity contribution is 0.302. The average Bonchev–Trinajstić information content (AvgIpc) is 2.86. The molecule has 164 valence electrons. The van der Waals surface area contributed by atoms with Crippen LogP contribution in [0.25, 0.3) is 22.6 Å². The molecule has 1 N–H and O–H groups in total. The molecular formula is C28H24ClN3O. The van der Waals surface area contributed by atoms with Gasteiger partial charge in [0.25, 0.3) is 0 Å². The molecule has 4 rings (SSSR count). The summed E-state index contributed by atoms with van der Waals surface area (Å²) < 4.78 is 5.97. The van der Waals surface area contributed by atoms with Gasteiger partial charge >= 0.3 is 0 Å². The number of pyridine rings is 1. The molecule has 0 amide bonds. The summed E-state index contributed by atoms with van der Waals surface area (Å²) in [5.41, 5.74) is 5.14. The first-order valence-corrected chi connectivity index (χ1v) is 11.2. The second kappa shape index (κ2) is 11.3. The van der Waals surface area contributed by atoms with E-state index in [4.69, 9.17) is 21.6 Å². The SMILES string of the molecule is N#CCCNC/C(=C/c1ccc(Cl)cc1)c1ccc(OCc2ccc3ccccc3n2)cc1. The molecule has 0 unspecified atom stereocenters. The fourth-order valence-corrected chi connectivity index (χ4v) is 3.60. The second-order valence-electron chi connectivity index (χ2n) is 7.61. The third-order valence-corrected chi connectivity index (χ3v) is 5.46. The van der Waals surface area contributed by atoms with Crippen molar-refractivity contribution in [1.29, 1.82) is 5.26 Å². The molecule has 0 saturated heterocycles. The van der Waals surface area contributed by atoms with Crippen molar-refractivity contribution in [2.75, 3.05) is 13.1 Å². The Labute approximate surface area is 199 Å². The summed E-state index contributed by atoms with van der Waals surface area (Å²) in [5, 5.41) is 14.0. The van der Waals surface area contributed by atoms with E-state index in [9.17, 15) is 0 Å². The van der Waals surface area contributed by atoms with Crippen LogP contribution in [0.15, 0.2) is 84.9 Å². The first-order chi connectivity index (χ1) is 16.2. The summed E-state index contributed by atoms with van der Waals surface area (Å²) >= 11 is 6.02. The van der Waals surface area contributed by atoms with E-state index < -0.39 is 0 Å². The number of para-hydroxylation sites is 1. The van der Waals surface area contributed by atoms with Crippen molar-refractivity contribution in [2.24, 2.45) is 0 Å². The largest absolute Gasteiger partial charge is 0.487 e. The van der Waals surface area contributed by atoms with E-state index >= 15 is 0 Å². The molecule has 0 aliphatic carbocycles. The van der Waals surface area contributed by atoms with Gasteiger partial charge in [0.1, 0.15) is 12.4 Å². The number of hydrogen-bond acceptors (Lipinski definition) is 4. The predicted molar refractivity (Wildman–Crippen MR) is 135 cm³/mol. The minimum atomic E-state index is 0.410. The van der Waals surface area contributed by atoms with Crippen molar-refractivity contribution in [1.82, 2.24) is 10.3 Å². The molecule has 1 aromatic heterocycles. The van der Waals surface area contributed by atoms with Crippen molar-refractivity contribution in [3.05, 3.63) is 107 Å². The highest BCUT2D eigenvalue weighted by Gasteiger charge is 2.05. The summed E-state index contributed by atoms with van der Waals surface area (Å²) in [4.78, 5) is 4.66. The van der Waals surface area contributed by atoms with Gasteiger partial charge in [-0.05, 0) is 59.2 Å². The van der Waals surface area contributed by atoms with Gasteiger partial charge in [0.2, 0.25) is 0 Å². The van der Waals surface area contributed by atoms with E-state index in [1.54, 1.807) is 0 Å². The Bertz CT molecular complexity index is 1280. The lowest BCUT2D eigenvalue weighted by atomic mass is 10.0. The minimum absolute atomic E-state index is 0.410. The number of ether oxygens (including phenoxy) is 1. The zero-order valence-corrected chi connectivity index (χ0v) is 18.9. The number of halogens is 1. The molecular weight excluding hydrogens is 430 g/mol. The first kappa shape index (κ1) is 22.5. The molecule has 5 heteroatoms. The molecule has 0 atom stereocenters. The van der Waals surface area contributed by atoms with Crippen molar-refractivity contribution < 1.29 is 4.74 Å². The number of nitrogens with one attached hydrogen (secondary N) is 1. The topological polar surface area (TPSA) is 57.9 Å². The Kier molecular flexibility index (Phi) is 7.71. The molecule has 0 fully saturated rings. The second-order valence-corrected chi connectivity index (χ2v) is 8.05. The molecule has 3 aromatic carbocycles. The number of fused-ring (bicyclic) bond motifs is 1. The van der Waals surface area contributed by atoms with Crippen LogP contribution < -0.4 is 10.1 Å². The van der Waals surface area contributed by atoms with Crippen LogP contribution in [0.4, 0.5) is 0 Å². The summed E-state index contributed by atoms with van der Waals surface area (Å²) in [6.07, 6.45) is 2.61. The highest BCUT2D eigenvalue weighted by molar-refractivity contribution is 6.30. The number of hydrogen-bond donors (Lipinski definition) is 1. The molecule has 0 spiro atoms. The molecule has 0 radical (unpaired) electrons. The summed E-state index contributed by atoms with van der Waals surface area (Å²) in [6, 6.07) is 30.1. The fourth-order valence-electron chi connectivity index (χ4n) is 3.48. The van der Waals surface area contributed by atoms with Crippen LogP contribution in [0.1, 0.15) is 23.2 Å². The fraction of sp³-hybridized carbons (Fsp3) is 0.143. The molecule has 0 saturated carbocycles. The zero-order chi connectivity index (χ0) is 22.9. The zero-order valence-electron chi connectivity index (χ0n) is 18.2. The van der Waals surface area contributed by atoms with Crippen LogP contribution >= 0.6 is 11.6 Å². The van der Waals surface area contributed by atoms with Gasteiger partial charge in [-0.2, -0.15) is 5.26 Å². The van der Waals surface area contributed by atoms with Gasteiger partial charge in [-0.3, -0.25) is 0 Å². The number of benzene rings is 3. The van der Waals surface area contributed by atoms with Gasteiger partial charge in [0.15, 0.2) is 0 Å². The number of nitrogens with zero attached hydrogens (tertiary/aromatic N) is 2. The van der Waals surface area contributed by atoms with Gasteiger partial charge in [0.05, 0.1) is 17.3 Å². The molecule has 0 aliphatic rings. The lowest BCUT2D eigenvalue weighted by Gasteiger charge is -2.11. The van der Waals surface area contributed by atoms with Crippen LogP contribution in [0.2, 0.25) is 5.02 Å². The van der Waals surface area contributed by atoms with Crippen LogP contribution in [-0.4, -0.2) is 18.1 Å². The monoisotopic (exact) mass is 453 g/mol. The van der Waals surface area contributed by atoms with Gasteiger partial charge in [0, 0.05) is 29.9 Å². The standard InChI is InChI=1S/C28H24ClN3O/c29-25-11-6-21(7-12-25)18-24(19-31-17-3-16-30)22-9-14-27(15-10-22)33-20-26-13-8-23-4-1-2-5-28(23)32-26/h1-2,4-15,18,31H,3,17,19-20H2/b24-18-. The van der Waals surface area contributed by atoms with Crippen molar-refractivity contribution in [3.8, 4) is 11.8 Å². The average molecular weight is 454 g/mol. The molecule has 4 aromatic rings. The third-order valence-electron chi connectivity index (χ3n) is 5.21. The summed E-state index contributed by atoms with van der Waals surface area (Å²) in [5.74, 6) is 0.789.